The number of aromatic amines is 2. The van der Waals surface area contributed by atoms with E-state index in [9.17, 15) is 9.59 Å². The Kier molecular flexibility index (Phi) is 6.22. The molecule has 0 bridgehead atoms. The van der Waals surface area contributed by atoms with Crippen molar-refractivity contribution in [3.63, 3.8) is 0 Å². The van der Waals surface area contributed by atoms with Gasteiger partial charge in [0.05, 0.1) is 24.3 Å². The maximum absolute atomic E-state index is 12.7. The van der Waals surface area contributed by atoms with Gasteiger partial charge < -0.3 is 14.7 Å². The van der Waals surface area contributed by atoms with Crippen molar-refractivity contribution in [2.45, 2.75) is 13.5 Å². The number of carbonyl (C=O) groups is 1. The number of ether oxygens (including phenoxy) is 1. The second kappa shape index (κ2) is 9.44. The monoisotopic (exact) mass is 458 g/mol. The lowest BCUT2D eigenvalue weighted by atomic mass is 10.1. The number of carbonyl (C=O) groups excluding carboxylic acids is 1. The van der Waals surface area contributed by atoms with E-state index in [2.05, 4.69) is 44.0 Å². The van der Waals surface area contributed by atoms with Gasteiger partial charge in [-0.05, 0) is 41.3 Å². The fourth-order valence-electron chi connectivity index (χ4n) is 4.82. The van der Waals surface area contributed by atoms with Crippen LogP contribution in [0.2, 0.25) is 0 Å². The number of hydrogen-bond acceptors (Lipinski definition) is 5. The van der Waals surface area contributed by atoms with E-state index in [4.69, 9.17) is 4.74 Å². The number of methoxy groups -OCH3 is 1. The molecule has 5 rings (SSSR count). The molecule has 34 heavy (non-hydrogen) atoms. The zero-order chi connectivity index (χ0) is 23.7. The Labute approximate surface area is 198 Å². The van der Waals surface area contributed by atoms with Gasteiger partial charge in [-0.3, -0.25) is 19.4 Å². The van der Waals surface area contributed by atoms with Crippen molar-refractivity contribution in [2.75, 3.05) is 39.8 Å². The average molecular weight is 459 g/mol. The first-order valence-electron chi connectivity index (χ1n) is 11.8. The quantitative estimate of drug-likeness (QED) is 0.432. The highest BCUT2D eigenvalue weighted by molar-refractivity contribution is 5.89. The maximum Gasteiger partial charge on any atom is 0.309 e. The fourth-order valence-corrected chi connectivity index (χ4v) is 4.82. The Balaban J connectivity index is 1.27. The van der Waals surface area contributed by atoms with E-state index in [0.29, 0.717) is 5.56 Å². The second-order valence-electron chi connectivity index (χ2n) is 9.20. The summed E-state index contributed by atoms with van der Waals surface area (Å²) >= 11 is 0. The average Bonchev–Trinajstić information content (AvgIpc) is 3.27. The van der Waals surface area contributed by atoms with Gasteiger partial charge >= 0.3 is 5.97 Å². The Morgan fingerprint density at radius 3 is 2.47 bits per heavy atom. The number of para-hydroxylation sites is 1. The van der Waals surface area contributed by atoms with E-state index < -0.39 is 0 Å². The third-order valence-corrected chi connectivity index (χ3v) is 6.74. The van der Waals surface area contributed by atoms with Crippen LogP contribution in [0.15, 0.2) is 59.4 Å². The molecule has 7 nitrogen and oxygen atoms in total. The topological polar surface area (TPSA) is 81.4 Å². The molecular weight excluding hydrogens is 428 g/mol. The van der Waals surface area contributed by atoms with Crippen LogP contribution >= 0.6 is 0 Å². The molecule has 0 radical (unpaired) electrons. The third kappa shape index (κ3) is 4.62. The van der Waals surface area contributed by atoms with Gasteiger partial charge in [0.15, 0.2) is 0 Å². The number of fused-ring (bicyclic) bond motifs is 2. The highest BCUT2D eigenvalue weighted by Gasteiger charge is 2.22. The molecule has 1 fully saturated rings. The van der Waals surface area contributed by atoms with Crippen LogP contribution in [0.4, 0.5) is 0 Å². The van der Waals surface area contributed by atoms with Crippen LogP contribution < -0.4 is 5.56 Å². The van der Waals surface area contributed by atoms with Crippen molar-refractivity contribution >= 4 is 27.8 Å². The molecule has 0 aliphatic carbocycles. The standard InChI is InChI=1S/C27H30N4O3/c1-18(27(33)34-2)16-30-9-11-31(12-10-30)17-19-7-8-24-21(13-19)15-25(28-24)22-14-20-5-3-4-6-23(20)29-26(22)32/h3-8,13-15,18,28H,9-12,16-17H2,1-2H3,(H,29,32). The number of nitrogens with zero attached hydrogens (tertiary/aromatic N) is 2. The molecule has 4 aromatic rings. The highest BCUT2D eigenvalue weighted by atomic mass is 16.5. The summed E-state index contributed by atoms with van der Waals surface area (Å²) in [5, 5.41) is 2.11. The lowest BCUT2D eigenvalue weighted by Gasteiger charge is -2.35. The van der Waals surface area contributed by atoms with Crippen molar-refractivity contribution in [1.82, 2.24) is 19.8 Å². The number of aromatic nitrogens is 2. The van der Waals surface area contributed by atoms with E-state index >= 15 is 0 Å². The van der Waals surface area contributed by atoms with Gasteiger partial charge in [-0.25, -0.2) is 0 Å². The van der Waals surface area contributed by atoms with Crippen LogP contribution in [0, 0.1) is 5.92 Å². The predicted octanol–water partition coefficient (Wildman–Crippen LogP) is 3.60. The lowest BCUT2D eigenvalue weighted by molar-refractivity contribution is -0.145. The van der Waals surface area contributed by atoms with Crippen LogP contribution in [0.3, 0.4) is 0 Å². The van der Waals surface area contributed by atoms with Gasteiger partial charge in [0.25, 0.3) is 5.56 Å². The first kappa shape index (κ1) is 22.4. The van der Waals surface area contributed by atoms with E-state index in [1.165, 1.54) is 12.7 Å². The molecule has 2 aromatic heterocycles. The fraction of sp³-hybridized carbons (Fsp3) is 0.333. The van der Waals surface area contributed by atoms with E-state index in [0.717, 1.165) is 66.8 Å². The largest absolute Gasteiger partial charge is 0.469 e. The first-order chi connectivity index (χ1) is 16.5. The van der Waals surface area contributed by atoms with Crippen LogP contribution in [-0.2, 0) is 16.1 Å². The number of nitrogens with one attached hydrogen (secondary N) is 2. The minimum atomic E-state index is -0.146. The number of rotatable bonds is 6. The number of esters is 1. The van der Waals surface area contributed by atoms with Gasteiger partial charge in [0, 0.05) is 55.7 Å². The van der Waals surface area contributed by atoms with Crippen molar-refractivity contribution in [3.8, 4) is 11.3 Å². The maximum atomic E-state index is 12.7. The molecule has 0 spiro atoms. The van der Waals surface area contributed by atoms with Crippen LogP contribution in [0.1, 0.15) is 12.5 Å². The number of benzene rings is 2. The summed E-state index contributed by atoms with van der Waals surface area (Å²) in [4.78, 5) is 35.5. The van der Waals surface area contributed by atoms with Crippen LogP contribution in [0.5, 0.6) is 0 Å². The molecule has 1 aliphatic rings. The SMILES string of the molecule is COC(=O)C(C)CN1CCN(Cc2ccc3[nH]c(-c4cc5ccccc5[nH]c4=O)cc3c2)CC1. The van der Waals surface area contributed by atoms with Crippen molar-refractivity contribution in [1.29, 1.82) is 0 Å². The lowest BCUT2D eigenvalue weighted by Crippen LogP contribution is -2.47. The molecule has 7 heteroatoms. The summed E-state index contributed by atoms with van der Waals surface area (Å²) in [5.41, 5.74) is 4.50. The molecule has 1 unspecified atom stereocenters. The summed E-state index contributed by atoms with van der Waals surface area (Å²) in [6.07, 6.45) is 0. The van der Waals surface area contributed by atoms with Crippen LogP contribution in [-0.4, -0.2) is 65.6 Å². The van der Waals surface area contributed by atoms with Crippen LogP contribution in [0.25, 0.3) is 33.1 Å². The summed E-state index contributed by atoms with van der Waals surface area (Å²) in [7, 11) is 1.45. The first-order valence-corrected chi connectivity index (χ1v) is 11.8. The van der Waals surface area contributed by atoms with Gasteiger partial charge in [0.2, 0.25) is 0 Å². The number of piperazine rings is 1. The number of H-pyrrole nitrogens is 2. The Hall–Kier alpha value is -3.42. The smallest absolute Gasteiger partial charge is 0.309 e. The van der Waals surface area contributed by atoms with Gasteiger partial charge in [-0.15, -0.1) is 0 Å². The minimum Gasteiger partial charge on any atom is -0.469 e. The molecule has 2 aromatic carbocycles. The Bertz CT molecular complexity index is 1380. The van der Waals surface area contributed by atoms with Gasteiger partial charge in [-0.2, -0.15) is 0 Å². The zero-order valence-corrected chi connectivity index (χ0v) is 19.6. The molecular formula is C27H30N4O3. The molecule has 1 saturated heterocycles. The number of hydrogen-bond donors (Lipinski definition) is 2. The summed E-state index contributed by atoms with van der Waals surface area (Å²) < 4.78 is 4.85. The van der Waals surface area contributed by atoms with E-state index in [1.807, 2.05) is 37.3 Å². The normalized spacial score (nSPS) is 16.2. The highest BCUT2D eigenvalue weighted by Crippen LogP contribution is 2.25. The van der Waals surface area contributed by atoms with E-state index in [1.54, 1.807) is 0 Å². The Morgan fingerprint density at radius 2 is 1.68 bits per heavy atom. The van der Waals surface area contributed by atoms with Crippen molar-refractivity contribution in [2.24, 2.45) is 5.92 Å². The molecule has 1 aliphatic heterocycles. The van der Waals surface area contributed by atoms with Crippen molar-refractivity contribution < 1.29 is 9.53 Å². The molecule has 0 amide bonds. The summed E-state index contributed by atoms with van der Waals surface area (Å²) in [5.74, 6) is -0.246. The molecule has 3 heterocycles. The zero-order valence-electron chi connectivity index (χ0n) is 19.6. The van der Waals surface area contributed by atoms with E-state index in [-0.39, 0.29) is 17.4 Å². The summed E-state index contributed by atoms with van der Waals surface area (Å²) in [6, 6.07) is 18.3. The third-order valence-electron chi connectivity index (χ3n) is 6.74. The summed E-state index contributed by atoms with van der Waals surface area (Å²) in [6.45, 7) is 7.38. The minimum absolute atomic E-state index is 0.0927. The van der Waals surface area contributed by atoms with Crippen molar-refractivity contribution in [3.05, 3.63) is 70.5 Å². The predicted molar refractivity (Wildman–Crippen MR) is 135 cm³/mol. The molecule has 1 atom stereocenters. The molecule has 0 saturated carbocycles. The second-order valence-corrected chi connectivity index (χ2v) is 9.20. The molecule has 2 N–H and O–H groups in total. The number of pyridine rings is 1. The molecule has 176 valence electrons. The van der Waals surface area contributed by atoms with Gasteiger partial charge in [0.1, 0.15) is 0 Å². The van der Waals surface area contributed by atoms with Gasteiger partial charge in [-0.1, -0.05) is 31.2 Å². The Morgan fingerprint density at radius 1 is 0.941 bits per heavy atom.